The predicted octanol–water partition coefficient (Wildman–Crippen LogP) is 0.691. The summed E-state index contributed by atoms with van der Waals surface area (Å²) in [5.74, 6) is -1.97. The summed E-state index contributed by atoms with van der Waals surface area (Å²) in [7, 11) is 0. The Labute approximate surface area is 116 Å². The van der Waals surface area contributed by atoms with Crippen LogP contribution in [0.1, 0.15) is 29.8 Å². The monoisotopic (exact) mass is 276 g/mol. The van der Waals surface area contributed by atoms with Gasteiger partial charge >= 0.3 is 0 Å². The second-order valence-electron chi connectivity index (χ2n) is 4.61. The van der Waals surface area contributed by atoms with Gasteiger partial charge in [0.15, 0.2) is 12.1 Å². The number of benzene rings is 1. The second kappa shape index (κ2) is 6.60. The molecule has 6 nitrogen and oxygen atoms in total. The van der Waals surface area contributed by atoms with Crippen LogP contribution in [0.4, 0.5) is 5.69 Å². The summed E-state index contributed by atoms with van der Waals surface area (Å²) in [4.78, 5) is 44.9. The lowest BCUT2D eigenvalue weighted by atomic mass is 10.0. The summed E-state index contributed by atoms with van der Waals surface area (Å²) >= 11 is 0. The minimum absolute atomic E-state index is 0.107. The van der Waals surface area contributed by atoms with Gasteiger partial charge in [0.25, 0.3) is 5.91 Å². The van der Waals surface area contributed by atoms with E-state index in [-0.39, 0.29) is 35.8 Å². The van der Waals surface area contributed by atoms with Crippen LogP contribution in [0.2, 0.25) is 0 Å². The van der Waals surface area contributed by atoms with Gasteiger partial charge in [-0.3, -0.25) is 19.2 Å². The van der Waals surface area contributed by atoms with Crippen LogP contribution in [-0.2, 0) is 20.8 Å². The lowest BCUT2D eigenvalue weighted by Gasteiger charge is -2.14. The van der Waals surface area contributed by atoms with Crippen molar-refractivity contribution in [3.63, 3.8) is 0 Å². The molecule has 0 saturated heterocycles. The number of primary amides is 1. The van der Waals surface area contributed by atoms with E-state index < -0.39 is 11.7 Å². The molecule has 0 aliphatic rings. The van der Waals surface area contributed by atoms with E-state index in [1.807, 2.05) is 0 Å². The number of para-hydroxylation sites is 1. The summed E-state index contributed by atoms with van der Waals surface area (Å²) in [6, 6.07) is 4.55. The molecule has 1 aromatic carbocycles. The van der Waals surface area contributed by atoms with Crippen molar-refractivity contribution in [1.82, 2.24) is 0 Å². The molecule has 6 heteroatoms. The number of rotatable bonds is 6. The van der Waals surface area contributed by atoms with Crippen molar-refractivity contribution in [3.05, 3.63) is 29.3 Å². The molecule has 0 aliphatic carbocycles. The fourth-order valence-electron chi connectivity index (χ4n) is 1.60. The zero-order valence-electron chi connectivity index (χ0n) is 11.3. The molecule has 106 valence electrons. The fraction of sp³-hybridized carbons (Fsp3) is 0.286. The van der Waals surface area contributed by atoms with Crippen LogP contribution in [0.5, 0.6) is 0 Å². The zero-order chi connectivity index (χ0) is 15.3. The van der Waals surface area contributed by atoms with E-state index in [1.54, 1.807) is 26.0 Å². The Morgan fingerprint density at radius 3 is 2.45 bits per heavy atom. The van der Waals surface area contributed by atoms with E-state index in [0.717, 1.165) is 0 Å². The lowest BCUT2D eigenvalue weighted by Crippen LogP contribution is -2.23. The van der Waals surface area contributed by atoms with Gasteiger partial charge in [-0.1, -0.05) is 26.0 Å². The number of carbonyl (C=O) groups is 4. The van der Waals surface area contributed by atoms with E-state index in [9.17, 15) is 19.2 Å². The Bertz CT molecular complexity index is 564. The molecule has 0 fully saturated rings. The fourth-order valence-corrected chi connectivity index (χ4v) is 1.60. The third-order valence-electron chi connectivity index (χ3n) is 2.68. The number of Topliss-reactive ketones (excluding diaryl/α,β-unsaturated/α-hetero) is 1. The highest BCUT2D eigenvalue weighted by molar-refractivity contribution is 6.26. The van der Waals surface area contributed by atoms with Crippen molar-refractivity contribution in [2.45, 2.75) is 20.3 Å². The van der Waals surface area contributed by atoms with Gasteiger partial charge in [0.2, 0.25) is 5.91 Å². The van der Waals surface area contributed by atoms with Crippen LogP contribution >= 0.6 is 0 Å². The maximum Gasteiger partial charge on any atom is 0.250 e. The van der Waals surface area contributed by atoms with Crippen LogP contribution in [0.25, 0.3) is 0 Å². The largest absolute Gasteiger partial charge is 0.366 e. The van der Waals surface area contributed by atoms with Crippen LogP contribution < -0.4 is 11.1 Å². The number of aldehydes is 1. The third kappa shape index (κ3) is 3.74. The highest BCUT2D eigenvalue weighted by Crippen LogP contribution is 2.22. The SMILES string of the molecule is CC(C)C(=O)Nc1c(CC(=O)C=O)cccc1C(N)=O. The summed E-state index contributed by atoms with van der Waals surface area (Å²) < 4.78 is 0. The summed E-state index contributed by atoms with van der Waals surface area (Å²) in [5, 5.41) is 2.58. The molecule has 0 aromatic heterocycles. The van der Waals surface area contributed by atoms with Crippen molar-refractivity contribution >= 4 is 29.6 Å². The van der Waals surface area contributed by atoms with Gasteiger partial charge in [-0.25, -0.2) is 0 Å². The van der Waals surface area contributed by atoms with E-state index in [1.165, 1.54) is 6.07 Å². The quantitative estimate of drug-likeness (QED) is 0.588. The first kappa shape index (κ1) is 15.6. The van der Waals surface area contributed by atoms with E-state index in [0.29, 0.717) is 5.56 Å². The first-order chi connectivity index (χ1) is 9.36. The number of amides is 2. The molecular formula is C14H16N2O4. The number of hydrogen-bond donors (Lipinski definition) is 2. The van der Waals surface area contributed by atoms with E-state index in [4.69, 9.17) is 5.73 Å². The highest BCUT2D eigenvalue weighted by atomic mass is 16.2. The van der Waals surface area contributed by atoms with Crippen molar-refractivity contribution in [2.24, 2.45) is 11.7 Å². The molecule has 0 bridgehead atoms. The number of carbonyl (C=O) groups excluding carboxylic acids is 4. The van der Waals surface area contributed by atoms with Crippen LogP contribution in [0, 0.1) is 5.92 Å². The molecule has 2 amide bonds. The number of ketones is 1. The summed E-state index contributed by atoms with van der Waals surface area (Å²) in [5.41, 5.74) is 5.93. The van der Waals surface area contributed by atoms with Gasteiger partial charge < -0.3 is 11.1 Å². The number of anilines is 1. The Morgan fingerprint density at radius 2 is 1.95 bits per heavy atom. The first-order valence-corrected chi connectivity index (χ1v) is 6.07. The summed E-state index contributed by atoms with van der Waals surface area (Å²) in [6.07, 6.45) is 0.00329. The van der Waals surface area contributed by atoms with Crippen molar-refractivity contribution in [2.75, 3.05) is 5.32 Å². The van der Waals surface area contributed by atoms with Gasteiger partial charge in [-0.15, -0.1) is 0 Å². The molecule has 0 saturated carbocycles. The van der Waals surface area contributed by atoms with Gasteiger partial charge in [-0.05, 0) is 11.6 Å². The van der Waals surface area contributed by atoms with E-state index >= 15 is 0 Å². The molecule has 1 rings (SSSR count). The highest BCUT2D eigenvalue weighted by Gasteiger charge is 2.18. The third-order valence-corrected chi connectivity index (χ3v) is 2.68. The number of nitrogens with one attached hydrogen (secondary N) is 1. The van der Waals surface area contributed by atoms with Gasteiger partial charge in [0, 0.05) is 12.3 Å². The zero-order valence-corrected chi connectivity index (χ0v) is 11.3. The summed E-state index contributed by atoms with van der Waals surface area (Å²) in [6.45, 7) is 3.39. The van der Waals surface area contributed by atoms with Crippen molar-refractivity contribution in [3.8, 4) is 0 Å². The van der Waals surface area contributed by atoms with Gasteiger partial charge in [0.05, 0.1) is 11.3 Å². The molecule has 1 aromatic rings. The maximum atomic E-state index is 11.8. The average Bonchev–Trinajstić information content (AvgIpc) is 2.39. The van der Waals surface area contributed by atoms with Crippen LogP contribution in [-0.4, -0.2) is 23.9 Å². The predicted molar refractivity (Wildman–Crippen MR) is 73.2 cm³/mol. The molecule has 0 atom stereocenters. The Kier molecular flexibility index (Phi) is 5.14. The molecule has 0 aliphatic heterocycles. The number of hydrogen-bond acceptors (Lipinski definition) is 4. The average molecular weight is 276 g/mol. The normalized spacial score (nSPS) is 10.2. The van der Waals surface area contributed by atoms with Crippen molar-refractivity contribution < 1.29 is 19.2 Å². The molecule has 0 unspecified atom stereocenters. The number of nitrogens with two attached hydrogens (primary N) is 1. The minimum Gasteiger partial charge on any atom is -0.366 e. The maximum absolute atomic E-state index is 11.8. The molecule has 20 heavy (non-hydrogen) atoms. The van der Waals surface area contributed by atoms with Gasteiger partial charge in [-0.2, -0.15) is 0 Å². The Balaban J connectivity index is 3.25. The van der Waals surface area contributed by atoms with E-state index in [2.05, 4.69) is 5.32 Å². The van der Waals surface area contributed by atoms with Crippen LogP contribution in [0.3, 0.4) is 0 Å². The lowest BCUT2D eigenvalue weighted by molar-refractivity contribution is -0.129. The smallest absolute Gasteiger partial charge is 0.250 e. The molecule has 0 spiro atoms. The van der Waals surface area contributed by atoms with Crippen molar-refractivity contribution in [1.29, 1.82) is 0 Å². The minimum atomic E-state index is -0.718. The van der Waals surface area contributed by atoms with Crippen LogP contribution in [0.15, 0.2) is 18.2 Å². The second-order valence-corrected chi connectivity index (χ2v) is 4.61. The molecular weight excluding hydrogens is 260 g/mol. The standard InChI is InChI=1S/C14H16N2O4/c1-8(2)14(20)16-12-9(6-10(18)7-17)4-3-5-11(12)13(15)19/h3-5,7-8H,6H2,1-2H3,(H2,15,19)(H,16,20). The first-order valence-electron chi connectivity index (χ1n) is 6.07. The molecule has 3 N–H and O–H groups in total. The Morgan fingerprint density at radius 1 is 1.30 bits per heavy atom. The van der Waals surface area contributed by atoms with Gasteiger partial charge in [0.1, 0.15) is 0 Å². The Hall–Kier alpha value is -2.50. The topological polar surface area (TPSA) is 106 Å². The molecule has 0 radical (unpaired) electrons. The molecule has 0 heterocycles.